The van der Waals surface area contributed by atoms with Crippen molar-refractivity contribution in [3.63, 3.8) is 0 Å². The first-order valence-corrected chi connectivity index (χ1v) is 9.11. The summed E-state index contributed by atoms with van der Waals surface area (Å²) in [5.41, 5.74) is 0. The van der Waals surface area contributed by atoms with Crippen molar-refractivity contribution in [2.24, 2.45) is 10.9 Å². The lowest BCUT2D eigenvalue weighted by Crippen LogP contribution is -2.42. The van der Waals surface area contributed by atoms with Crippen molar-refractivity contribution in [1.82, 2.24) is 10.6 Å². The topological polar surface area (TPSA) is 75.1 Å². The number of aliphatic hydroxyl groups is 1. The maximum Gasteiger partial charge on any atom is 0.191 e. The number of benzene rings is 1. The van der Waals surface area contributed by atoms with Gasteiger partial charge in [0.15, 0.2) is 17.5 Å². The number of hydrogen-bond donors (Lipinski definition) is 3. The summed E-state index contributed by atoms with van der Waals surface area (Å²) in [5.74, 6) is 0.839. The largest absolute Gasteiger partial charge is 0.486 e. The Morgan fingerprint density at radius 2 is 1.92 bits per heavy atom. The molecule has 0 fully saturated rings. The summed E-state index contributed by atoms with van der Waals surface area (Å²) < 4.78 is 24.6. The Morgan fingerprint density at radius 1 is 1.19 bits per heavy atom. The fraction of sp³-hybridized carbons (Fsp3) is 0.632. The van der Waals surface area contributed by atoms with Gasteiger partial charge in [-0.15, -0.1) is 0 Å². The molecule has 0 saturated heterocycles. The number of nitrogens with zero attached hydrogens (tertiary/aromatic N) is 1. The van der Waals surface area contributed by atoms with Gasteiger partial charge in [-0.3, -0.25) is 4.99 Å². The Kier molecular flexibility index (Phi) is 10.7. The van der Waals surface area contributed by atoms with Crippen LogP contribution in [0.15, 0.2) is 29.3 Å². The van der Waals surface area contributed by atoms with Crippen LogP contribution in [0.1, 0.15) is 27.7 Å². The van der Waals surface area contributed by atoms with Gasteiger partial charge >= 0.3 is 0 Å². The molecule has 0 radical (unpaired) electrons. The van der Waals surface area contributed by atoms with Gasteiger partial charge in [-0.1, -0.05) is 26.0 Å². The first-order valence-electron chi connectivity index (χ1n) is 9.11. The van der Waals surface area contributed by atoms with Gasteiger partial charge in [-0.2, -0.15) is 0 Å². The van der Waals surface area contributed by atoms with Gasteiger partial charge in [0.25, 0.3) is 0 Å². The van der Waals surface area contributed by atoms with E-state index >= 15 is 0 Å². The molecule has 3 N–H and O–H groups in total. The molecular formula is C19H32FN3O3. The molecule has 6 nitrogen and oxygen atoms in total. The van der Waals surface area contributed by atoms with Crippen LogP contribution in [-0.4, -0.2) is 56.1 Å². The lowest BCUT2D eigenvalue weighted by Gasteiger charge is -2.18. The fourth-order valence-electron chi connectivity index (χ4n) is 2.07. The molecule has 0 aliphatic carbocycles. The molecule has 0 saturated carbocycles. The molecule has 2 atom stereocenters. The van der Waals surface area contributed by atoms with E-state index in [1.54, 1.807) is 18.2 Å². The molecule has 2 unspecified atom stereocenters. The monoisotopic (exact) mass is 369 g/mol. The minimum absolute atomic E-state index is 0.224. The number of hydrogen-bond acceptors (Lipinski definition) is 4. The second-order valence-electron chi connectivity index (χ2n) is 6.54. The minimum Gasteiger partial charge on any atom is -0.486 e. The number of aliphatic hydroxyl groups excluding tert-OH is 1. The second-order valence-corrected chi connectivity index (χ2v) is 6.54. The molecular weight excluding hydrogens is 337 g/mol. The van der Waals surface area contributed by atoms with Crippen molar-refractivity contribution in [2.45, 2.75) is 39.9 Å². The van der Waals surface area contributed by atoms with Crippen LogP contribution in [0.25, 0.3) is 0 Å². The lowest BCUT2D eigenvalue weighted by molar-refractivity contribution is 0.0301. The molecule has 0 aromatic heterocycles. The van der Waals surface area contributed by atoms with E-state index in [2.05, 4.69) is 29.5 Å². The van der Waals surface area contributed by atoms with Crippen LogP contribution in [0.2, 0.25) is 0 Å². The highest BCUT2D eigenvalue weighted by molar-refractivity contribution is 5.79. The first kappa shape index (κ1) is 22.2. The molecule has 7 heteroatoms. The minimum atomic E-state index is -0.656. The van der Waals surface area contributed by atoms with E-state index in [9.17, 15) is 9.50 Å². The zero-order valence-corrected chi connectivity index (χ0v) is 16.2. The molecule has 0 aliphatic heterocycles. The molecule has 26 heavy (non-hydrogen) atoms. The van der Waals surface area contributed by atoms with E-state index in [1.165, 1.54) is 6.07 Å². The normalized spacial score (nSPS) is 14.2. The third kappa shape index (κ3) is 9.58. The quantitative estimate of drug-likeness (QED) is 0.412. The van der Waals surface area contributed by atoms with Crippen LogP contribution in [0.5, 0.6) is 5.75 Å². The van der Waals surface area contributed by atoms with Crippen LogP contribution >= 0.6 is 0 Å². The molecule has 0 amide bonds. The van der Waals surface area contributed by atoms with Crippen LogP contribution in [-0.2, 0) is 4.74 Å². The zero-order valence-electron chi connectivity index (χ0n) is 16.2. The van der Waals surface area contributed by atoms with Gasteiger partial charge in [-0.05, 0) is 31.9 Å². The average Bonchev–Trinajstić information content (AvgIpc) is 2.59. The highest BCUT2D eigenvalue weighted by atomic mass is 19.1. The van der Waals surface area contributed by atoms with Crippen molar-refractivity contribution in [2.75, 3.05) is 32.8 Å². The smallest absolute Gasteiger partial charge is 0.191 e. The van der Waals surface area contributed by atoms with Gasteiger partial charge in [0.2, 0.25) is 0 Å². The summed E-state index contributed by atoms with van der Waals surface area (Å²) >= 11 is 0. The Bertz CT molecular complexity index is 541. The molecule has 1 aromatic carbocycles. The molecule has 0 heterocycles. The van der Waals surface area contributed by atoms with Gasteiger partial charge < -0.3 is 25.2 Å². The van der Waals surface area contributed by atoms with Gasteiger partial charge in [-0.25, -0.2) is 4.39 Å². The highest BCUT2D eigenvalue weighted by Crippen LogP contribution is 2.16. The van der Waals surface area contributed by atoms with Gasteiger partial charge in [0.05, 0.1) is 25.8 Å². The maximum absolute atomic E-state index is 13.6. The number of rotatable bonds is 11. The second kappa shape index (κ2) is 12.5. The molecule has 0 spiro atoms. The molecule has 1 aromatic rings. The summed E-state index contributed by atoms with van der Waals surface area (Å²) in [7, 11) is 0. The number of para-hydroxylation sites is 1. The molecule has 0 bridgehead atoms. The third-order valence-corrected chi connectivity index (χ3v) is 3.29. The number of halogens is 1. The number of aliphatic imine (C=N–C) groups is 1. The van der Waals surface area contributed by atoms with Crippen molar-refractivity contribution in [1.29, 1.82) is 0 Å². The summed E-state index contributed by atoms with van der Waals surface area (Å²) in [6, 6.07) is 6.31. The van der Waals surface area contributed by atoms with Crippen molar-refractivity contribution < 1.29 is 19.0 Å². The van der Waals surface area contributed by atoms with Crippen LogP contribution in [0.3, 0.4) is 0 Å². The fourth-order valence-corrected chi connectivity index (χ4v) is 2.07. The predicted molar refractivity (Wildman–Crippen MR) is 102 cm³/mol. The molecule has 0 aliphatic rings. The Hall–Kier alpha value is -1.86. The number of guanidine groups is 1. The van der Waals surface area contributed by atoms with Crippen molar-refractivity contribution in [3.05, 3.63) is 30.1 Å². The molecule has 148 valence electrons. The van der Waals surface area contributed by atoms with E-state index in [1.807, 2.05) is 13.8 Å². The lowest BCUT2D eigenvalue weighted by atomic mass is 10.2. The Balaban J connectivity index is 2.42. The summed E-state index contributed by atoms with van der Waals surface area (Å²) in [6.07, 6.45) is -0.911. The van der Waals surface area contributed by atoms with Crippen LogP contribution in [0, 0.1) is 11.7 Å². The summed E-state index contributed by atoms with van der Waals surface area (Å²) in [4.78, 5) is 4.34. The van der Waals surface area contributed by atoms with Crippen molar-refractivity contribution >= 4 is 5.96 Å². The van der Waals surface area contributed by atoms with E-state index < -0.39 is 6.10 Å². The number of nitrogens with one attached hydrogen (secondary N) is 2. The first-order chi connectivity index (χ1) is 12.4. The maximum atomic E-state index is 13.6. The SMILES string of the molecule is CCNC(=NCC(O)COCC(C)C)NCC(C)Oc1ccccc1F. The van der Waals surface area contributed by atoms with E-state index in [0.717, 1.165) is 0 Å². The van der Waals surface area contributed by atoms with Crippen LogP contribution in [0.4, 0.5) is 4.39 Å². The number of ether oxygens (including phenoxy) is 2. The standard InChI is InChI=1S/C19H32FN3O3/c1-5-21-19(23-11-16(24)13-25-12-14(2)3)22-10-15(4)26-18-9-7-6-8-17(18)20/h6-9,14-16,24H,5,10-13H2,1-4H3,(H2,21,22,23). The van der Waals surface area contributed by atoms with E-state index in [4.69, 9.17) is 9.47 Å². The highest BCUT2D eigenvalue weighted by Gasteiger charge is 2.10. The summed E-state index contributed by atoms with van der Waals surface area (Å²) in [6.45, 7) is 10.2. The Morgan fingerprint density at radius 3 is 2.58 bits per heavy atom. The molecule has 1 rings (SSSR count). The predicted octanol–water partition coefficient (Wildman–Crippen LogP) is 2.18. The van der Waals surface area contributed by atoms with Crippen LogP contribution < -0.4 is 15.4 Å². The van der Waals surface area contributed by atoms with Gasteiger partial charge in [0.1, 0.15) is 6.10 Å². The van der Waals surface area contributed by atoms with E-state index in [0.29, 0.717) is 31.6 Å². The average molecular weight is 369 g/mol. The summed E-state index contributed by atoms with van der Waals surface area (Å²) in [5, 5.41) is 16.2. The van der Waals surface area contributed by atoms with E-state index in [-0.39, 0.29) is 30.8 Å². The zero-order chi connectivity index (χ0) is 19.4. The van der Waals surface area contributed by atoms with Crippen molar-refractivity contribution in [3.8, 4) is 5.75 Å². The third-order valence-electron chi connectivity index (χ3n) is 3.29. The Labute approximate surface area is 155 Å². The van der Waals surface area contributed by atoms with Gasteiger partial charge in [0, 0.05) is 13.2 Å².